The van der Waals surface area contributed by atoms with E-state index < -0.39 is 0 Å². The van der Waals surface area contributed by atoms with E-state index >= 15 is 0 Å². The third-order valence-corrected chi connectivity index (χ3v) is 6.67. The van der Waals surface area contributed by atoms with E-state index in [-0.39, 0.29) is 11.3 Å². The van der Waals surface area contributed by atoms with Crippen LogP contribution in [-0.4, -0.2) is 22.4 Å². The quantitative estimate of drug-likeness (QED) is 0.232. The number of nitrogens with zero attached hydrogens (tertiary/aromatic N) is 2. The molecule has 2 aromatic carbocycles. The maximum Gasteiger partial charge on any atom is 0.272 e. The molecule has 0 aliphatic rings. The molecule has 30 heavy (non-hydrogen) atoms. The van der Waals surface area contributed by atoms with Gasteiger partial charge in [0.2, 0.25) is 0 Å². The average Bonchev–Trinajstić information content (AvgIpc) is 3.24. The fourth-order valence-corrected chi connectivity index (χ4v) is 4.95. The van der Waals surface area contributed by atoms with Gasteiger partial charge in [-0.1, -0.05) is 42.1 Å². The van der Waals surface area contributed by atoms with Gasteiger partial charge in [0.05, 0.1) is 19.2 Å². The normalized spacial score (nSPS) is 11.0. The lowest BCUT2D eigenvalue weighted by molar-refractivity contribution is 0.101. The fraction of sp³-hybridized carbons (Fsp3) is 0.174. The maximum atomic E-state index is 13.1. The third kappa shape index (κ3) is 4.17. The Hall–Kier alpha value is -2.90. The first-order chi connectivity index (χ1) is 14.6. The second-order valence-electron chi connectivity index (χ2n) is 6.78. The first-order valence-electron chi connectivity index (χ1n) is 9.39. The van der Waals surface area contributed by atoms with Crippen LogP contribution in [0.4, 0.5) is 0 Å². The number of ketones is 1. The van der Waals surface area contributed by atoms with Gasteiger partial charge in [0, 0.05) is 16.9 Å². The minimum absolute atomic E-state index is 0.00251. The number of methoxy groups -OCH3 is 1. The summed E-state index contributed by atoms with van der Waals surface area (Å²) in [5.74, 6) is 1.24. The molecule has 2 aromatic heterocycles. The van der Waals surface area contributed by atoms with Crippen molar-refractivity contribution in [2.24, 2.45) is 0 Å². The van der Waals surface area contributed by atoms with Crippen molar-refractivity contribution < 1.29 is 9.53 Å². The highest BCUT2D eigenvalue weighted by Gasteiger charge is 2.15. The molecule has 0 N–H and O–H groups in total. The standard InChI is InChI=1S/C23H20N2O3S2/c1-15(26)17-8-9-20(28-2)18(12-17)14-30-23-24-19-10-11-29-21(19)22(27)25(23)13-16-6-4-3-5-7-16/h3-12H,13-14H2,1-2H3. The summed E-state index contributed by atoms with van der Waals surface area (Å²) in [4.78, 5) is 29.7. The van der Waals surface area contributed by atoms with E-state index in [4.69, 9.17) is 9.72 Å². The predicted molar refractivity (Wildman–Crippen MR) is 122 cm³/mol. The summed E-state index contributed by atoms with van der Waals surface area (Å²) < 4.78 is 7.85. The summed E-state index contributed by atoms with van der Waals surface area (Å²) >= 11 is 2.88. The van der Waals surface area contributed by atoms with E-state index in [1.807, 2.05) is 47.8 Å². The van der Waals surface area contributed by atoms with Crippen molar-refractivity contribution in [2.45, 2.75) is 24.4 Å². The molecule has 0 aliphatic heterocycles. The molecular weight excluding hydrogens is 416 g/mol. The van der Waals surface area contributed by atoms with Crippen LogP contribution in [-0.2, 0) is 12.3 Å². The largest absolute Gasteiger partial charge is 0.496 e. The molecule has 0 bridgehead atoms. The molecule has 4 rings (SSSR count). The molecular formula is C23H20N2O3S2. The van der Waals surface area contributed by atoms with Crippen molar-refractivity contribution in [3.05, 3.63) is 87.0 Å². The smallest absolute Gasteiger partial charge is 0.272 e. The molecule has 0 spiro atoms. The van der Waals surface area contributed by atoms with Crippen LogP contribution in [0.15, 0.2) is 69.9 Å². The Morgan fingerprint density at radius 3 is 2.70 bits per heavy atom. The van der Waals surface area contributed by atoms with E-state index in [0.717, 1.165) is 11.1 Å². The van der Waals surface area contributed by atoms with Gasteiger partial charge in [-0.2, -0.15) is 0 Å². The van der Waals surface area contributed by atoms with Crippen molar-refractivity contribution in [2.75, 3.05) is 7.11 Å². The predicted octanol–water partition coefficient (Wildman–Crippen LogP) is 5.01. The number of benzene rings is 2. The number of hydrogen-bond acceptors (Lipinski definition) is 6. The Balaban J connectivity index is 1.72. The van der Waals surface area contributed by atoms with Crippen LogP contribution >= 0.6 is 23.1 Å². The number of ether oxygens (including phenoxy) is 1. The number of carbonyl (C=O) groups is 1. The van der Waals surface area contributed by atoms with Crippen LogP contribution in [0.2, 0.25) is 0 Å². The molecule has 4 aromatic rings. The van der Waals surface area contributed by atoms with Crippen molar-refractivity contribution in [1.29, 1.82) is 0 Å². The second-order valence-corrected chi connectivity index (χ2v) is 8.64. The van der Waals surface area contributed by atoms with Crippen molar-refractivity contribution in [1.82, 2.24) is 9.55 Å². The van der Waals surface area contributed by atoms with E-state index in [0.29, 0.717) is 39.0 Å². The summed E-state index contributed by atoms with van der Waals surface area (Å²) in [6.07, 6.45) is 0. The van der Waals surface area contributed by atoms with Gasteiger partial charge in [-0.15, -0.1) is 11.3 Å². The Morgan fingerprint density at radius 1 is 1.17 bits per heavy atom. The van der Waals surface area contributed by atoms with Gasteiger partial charge >= 0.3 is 0 Å². The van der Waals surface area contributed by atoms with Crippen molar-refractivity contribution in [3.63, 3.8) is 0 Å². The van der Waals surface area contributed by atoms with Crippen LogP contribution in [0.3, 0.4) is 0 Å². The summed E-state index contributed by atoms with van der Waals surface area (Å²) in [6, 6.07) is 17.2. The molecule has 0 unspecified atom stereocenters. The number of thioether (sulfide) groups is 1. The Labute approximate surface area is 182 Å². The van der Waals surface area contributed by atoms with Gasteiger partial charge in [-0.3, -0.25) is 14.2 Å². The maximum absolute atomic E-state index is 13.1. The van der Waals surface area contributed by atoms with Crippen molar-refractivity contribution in [3.8, 4) is 5.75 Å². The lowest BCUT2D eigenvalue weighted by Gasteiger charge is -2.14. The van der Waals surface area contributed by atoms with Crippen LogP contribution in [0, 0.1) is 0 Å². The highest BCUT2D eigenvalue weighted by molar-refractivity contribution is 7.98. The monoisotopic (exact) mass is 436 g/mol. The first kappa shape index (κ1) is 20.4. The lowest BCUT2D eigenvalue weighted by Crippen LogP contribution is -2.23. The van der Waals surface area contributed by atoms with E-state index in [2.05, 4.69) is 0 Å². The zero-order chi connectivity index (χ0) is 21.1. The van der Waals surface area contributed by atoms with E-state index in [1.54, 1.807) is 30.7 Å². The van der Waals surface area contributed by atoms with Crippen LogP contribution in [0.5, 0.6) is 5.75 Å². The summed E-state index contributed by atoms with van der Waals surface area (Å²) in [5, 5.41) is 2.53. The molecule has 0 saturated heterocycles. The zero-order valence-corrected chi connectivity index (χ0v) is 18.3. The number of hydrogen-bond donors (Lipinski definition) is 0. The van der Waals surface area contributed by atoms with Crippen LogP contribution in [0.25, 0.3) is 10.2 Å². The van der Waals surface area contributed by atoms with Gasteiger partial charge < -0.3 is 4.74 Å². The molecule has 152 valence electrons. The van der Waals surface area contributed by atoms with Crippen molar-refractivity contribution >= 4 is 39.1 Å². The van der Waals surface area contributed by atoms with Crippen LogP contribution in [0.1, 0.15) is 28.4 Å². The number of thiophene rings is 1. The van der Waals surface area contributed by atoms with Gasteiger partial charge in [0.15, 0.2) is 10.9 Å². The van der Waals surface area contributed by atoms with Crippen LogP contribution < -0.4 is 10.3 Å². The Kier molecular flexibility index (Phi) is 6.01. The SMILES string of the molecule is COc1ccc(C(C)=O)cc1CSc1nc2ccsc2c(=O)n1Cc1ccccc1. The van der Waals surface area contributed by atoms with Gasteiger partial charge in [0.1, 0.15) is 10.4 Å². The molecule has 0 atom stereocenters. The number of fused-ring (bicyclic) bond motifs is 1. The summed E-state index contributed by atoms with van der Waals surface area (Å²) in [6.45, 7) is 2.00. The first-order valence-corrected chi connectivity index (χ1v) is 11.3. The Morgan fingerprint density at radius 2 is 1.97 bits per heavy atom. The molecule has 0 radical (unpaired) electrons. The molecule has 0 saturated carbocycles. The molecule has 0 aliphatic carbocycles. The highest BCUT2D eigenvalue weighted by Crippen LogP contribution is 2.29. The number of Topliss-reactive ketones (excluding diaryl/α,β-unsaturated/α-hetero) is 1. The highest BCUT2D eigenvalue weighted by atomic mass is 32.2. The average molecular weight is 437 g/mol. The molecule has 2 heterocycles. The number of rotatable bonds is 7. The van der Waals surface area contributed by atoms with Gasteiger partial charge in [0.25, 0.3) is 5.56 Å². The molecule has 0 fully saturated rings. The minimum Gasteiger partial charge on any atom is -0.496 e. The van der Waals surface area contributed by atoms with E-state index in [1.165, 1.54) is 23.1 Å². The second kappa shape index (κ2) is 8.85. The lowest BCUT2D eigenvalue weighted by atomic mass is 10.1. The Bertz CT molecular complexity index is 1260. The third-order valence-electron chi connectivity index (χ3n) is 4.76. The minimum atomic E-state index is -0.0363. The number of aromatic nitrogens is 2. The zero-order valence-electron chi connectivity index (χ0n) is 16.6. The van der Waals surface area contributed by atoms with E-state index in [9.17, 15) is 9.59 Å². The summed E-state index contributed by atoms with van der Waals surface area (Å²) in [5.41, 5.74) is 3.23. The summed E-state index contributed by atoms with van der Waals surface area (Å²) in [7, 11) is 1.61. The fourth-order valence-electron chi connectivity index (χ4n) is 3.19. The molecule has 7 heteroatoms. The molecule has 0 amide bonds. The van der Waals surface area contributed by atoms with Gasteiger partial charge in [-0.25, -0.2) is 4.98 Å². The number of carbonyl (C=O) groups excluding carboxylic acids is 1. The van der Waals surface area contributed by atoms with Gasteiger partial charge in [-0.05, 0) is 42.1 Å². The molecule has 5 nitrogen and oxygen atoms in total. The topological polar surface area (TPSA) is 61.2 Å².